The maximum Gasteiger partial charge on any atom is 0.254 e. The Morgan fingerprint density at radius 1 is 1.00 bits per heavy atom. The molecule has 0 fully saturated rings. The fourth-order valence-corrected chi connectivity index (χ4v) is 2.60. The normalized spacial score (nSPS) is 10.4. The van der Waals surface area contributed by atoms with E-state index >= 15 is 0 Å². The molecule has 138 valence electrons. The maximum absolute atomic E-state index is 12.7. The molecule has 0 aromatic heterocycles. The van der Waals surface area contributed by atoms with Gasteiger partial charge in [0.1, 0.15) is 0 Å². The highest BCUT2D eigenvalue weighted by atomic mass is 16.5. The van der Waals surface area contributed by atoms with E-state index < -0.39 is 0 Å². The molecule has 0 aliphatic carbocycles. The molecular weight excluding hydrogens is 328 g/mol. The molecule has 2 amide bonds. The largest absolute Gasteiger partial charge is 0.385 e. The van der Waals surface area contributed by atoms with E-state index in [9.17, 15) is 9.59 Å². The van der Waals surface area contributed by atoms with Crippen LogP contribution in [0.1, 0.15) is 39.6 Å². The standard InChI is InChI=1S/C21H26N2O3/c1-3-23(16-17-8-5-4-6-9-17)21(25)19-12-10-18(11-13-19)20(24)22-14-7-15-26-2/h4-6,8-13H,3,7,14-16H2,1-2H3,(H,22,24). The molecule has 0 atom stereocenters. The molecule has 0 aliphatic heterocycles. The van der Waals surface area contributed by atoms with Gasteiger partial charge in [0.2, 0.25) is 0 Å². The molecular formula is C21H26N2O3. The summed E-state index contributed by atoms with van der Waals surface area (Å²) in [5, 5.41) is 2.83. The zero-order valence-electron chi connectivity index (χ0n) is 15.4. The second-order valence-electron chi connectivity index (χ2n) is 5.98. The molecule has 2 aromatic rings. The number of ether oxygens (including phenoxy) is 1. The van der Waals surface area contributed by atoms with Gasteiger partial charge < -0.3 is 15.0 Å². The van der Waals surface area contributed by atoms with Crippen molar-refractivity contribution >= 4 is 11.8 Å². The van der Waals surface area contributed by atoms with Gasteiger partial charge in [0.15, 0.2) is 0 Å². The van der Waals surface area contributed by atoms with Crippen molar-refractivity contribution < 1.29 is 14.3 Å². The fourth-order valence-electron chi connectivity index (χ4n) is 2.60. The molecule has 0 bridgehead atoms. The number of hydrogen-bond acceptors (Lipinski definition) is 3. The van der Waals surface area contributed by atoms with Crippen LogP contribution in [-0.2, 0) is 11.3 Å². The Hall–Kier alpha value is -2.66. The van der Waals surface area contributed by atoms with Crippen LogP contribution in [0.5, 0.6) is 0 Å². The van der Waals surface area contributed by atoms with Gasteiger partial charge in [-0.25, -0.2) is 0 Å². The lowest BCUT2D eigenvalue weighted by molar-refractivity contribution is 0.0752. The molecule has 0 aliphatic rings. The number of nitrogens with zero attached hydrogens (tertiary/aromatic N) is 1. The average Bonchev–Trinajstić information content (AvgIpc) is 2.69. The summed E-state index contributed by atoms with van der Waals surface area (Å²) in [7, 11) is 1.63. The highest BCUT2D eigenvalue weighted by molar-refractivity contribution is 5.97. The Morgan fingerprint density at radius 2 is 1.65 bits per heavy atom. The smallest absolute Gasteiger partial charge is 0.254 e. The molecule has 0 heterocycles. The molecule has 0 saturated heterocycles. The average molecular weight is 354 g/mol. The summed E-state index contributed by atoms with van der Waals surface area (Å²) >= 11 is 0. The number of amides is 2. The van der Waals surface area contributed by atoms with Crippen LogP contribution < -0.4 is 5.32 Å². The van der Waals surface area contributed by atoms with E-state index in [1.165, 1.54) is 0 Å². The summed E-state index contributed by atoms with van der Waals surface area (Å²) in [4.78, 5) is 26.6. The zero-order chi connectivity index (χ0) is 18.8. The van der Waals surface area contributed by atoms with Crippen LogP contribution in [0.2, 0.25) is 0 Å². The van der Waals surface area contributed by atoms with Crippen LogP contribution >= 0.6 is 0 Å². The van der Waals surface area contributed by atoms with Gasteiger partial charge in [0.25, 0.3) is 11.8 Å². The predicted molar refractivity (Wildman–Crippen MR) is 102 cm³/mol. The third-order valence-electron chi connectivity index (χ3n) is 4.09. The van der Waals surface area contributed by atoms with Crippen LogP contribution in [0.15, 0.2) is 54.6 Å². The lowest BCUT2D eigenvalue weighted by Gasteiger charge is -2.21. The first-order valence-corrected chi connectivity index (χ1v) is 8.86. The van der Waals surface area contributed by atoms with E-state index in [1.54, 1.807) is 36.3 Å². The number of hydrogen-bond donors (Lipinski definition) is 1. The summed E-state index contributed by atoms with van der Waals surface area (Å²) in [6.45, 7) is 4.33. The second-order valence-corrected chi connectivity index (χ2v) is 5.98. The number of benzene rings is 2. The Bertz CT molecular complexity index is 699. The summed E-state index contributed by atoms with van der Waals surface area (Å²) in [6.07, 6.45) is 0.768. The highest BCUT2D eigenvalue weighted by Gasteiger charge is 2.15. The minimum absolute atomic E-state index is 0.0385. The fraction of sp³-hybridized carbons (Fsp3) is 0.333. The van der Waals surface area contributed by atoms with E-state index in [4.69, 9.17) is 4.74 Å². The molecule has 0 saturated carbocycles. The SMILES string of the molecule is CCN(Cc1ccccc1)C(=O)c1ccc(C(=O)NCCCOC)cc1. The van der Waals surface area contributed by atoms with Crippen LogP contribution in [0.3, 0.4) is 0 Å². The van der Waals surface area contributed by atoms with E-state index in [0.717, 1.165) is 12.0 Å². The van der Waals surface area contributed by atoms with Gasteiger partial charge >= 0.3 is 0 Å². The quantitative estimate of drug-likeness (QED) is 0.704. The van der Waals surface area contributed by atoms with E-state index in [0.29, 0.717) is 37.4 Å². The lowest BCUT2D eigenvalue weighted by Crippen LogP contribution is -2.30. The number of methoxy groups -OCH3 is 1. The number of rotatable bonds is 9. The third-order valence-corrected chi connectivity index (χ3v) is 4.09. The van der Waals surface area contributed by atoms with Gasteiger partial charge in [-0.3, -0.25) is 9.59 Å². The van der Waals surface area contributed by atoms with Crippen molar-refractivity contribution in [1.29, 1.82) is 0 Å². The third kappa shape index (κ3) is 5.70. The van der Waals surface area contributed by atoms with Gasteiger partial charge in [0, 0.05) is 44.5 Å². The highest BCUT2D eigenvalue weighted by Crippen LogP contribution is 2.11. The lowest BCUT2D eigenvalue weighted by atomic mass is 10.1. The summed E-state index contributed by atoms with van der Waals surface area (Å²) < 4.78 is 4.95. The first kappa shape index (κ1) is 19.7. The monoisotopic (exact) mass is 354 g/mol. The first-order chi connectivity index (χ1) is 12.7. The zero-order valence-corrected chi connectivity index (χ0v) is 15.4. The van der Waals surface area contributed by atoms with Crippen molar-refractivity contribution in [3.05, 3.63) is 71.3 Å². The van der Waals surface area contributed by atoms with Crippen molar-refractivity contribution in [3.8, 4) is 0 Å². The van der Waals surface area contributed by atoms with Gasteiger partial charge in [0.05, 0.1) is 0 Å². The summed E-state index contributed by atoms with van der Waals surface area (Å²) in [5.41, 5.74) is 2.22. The van der Waals surface area contributed by atoms with Crippen molar-refractivity contribution in [1.82, 2.24) is 10.2 Å². The molecule has 26 heavy (non-hydrogen) atoms. The van der Waals surface area contributed by atoms with Gasteiger partial charge in [-0.05, 0) is 43.2 Å². The minimum Gasteiger partial charge on any atom is -0.385 e. The molecule has 0 spiro atoms. The van der Waals surface area contributed by atoms with Gasteiger partial charge in [-0.15, -0.1) is 0 Å². The van der Waals surface area contributed by atoms with E-state index in [1.807, 2.05) is 37.3 Å². The van der Waals surface area contributed by atoms with Crippen LogP contribution in [0.25, 0.3) is 0 Å². The molecule has 5 heteroatoms. The van der Waals surface area contributed by atoms with Crippen LogP contribution in [0.4, 0.5) is 0 Å². The molecule has 5 nitrogen and oxygen atoms in total. The molecule has 2 rings (SSSR count). The first-order valence-electron chi connectivity index (χ1n) is 8.86. The van der Waals surface area contributed by atoms with Crippen molar-refractivity contribution in [3.63, 3.8) is 0 Å². The number of carbonyl (C=O) groups is 2. The second kappa shape index (κ2) is 10.4. The Kier molecular flexibility index (Phi) is 7.83. The Morgan fingerprint density at radius 3 is 2.27 bits per heavy atom. The van der Waals surface area contributed by atoms with Crippen molar-refractivity contribution in [2.24, 2.45) is 0 Å². The topological polar surface area (TPSA) is 58.6 Å². The molecule has 0 unspecified atom stereocenters. The number of nitrogens with one attached hydrogen (secondary N) is 1. The molecule has 1 N–H and O–H groups in total. The molecule has 2 aromatic carbocycles. The minimum atomic E-state index is -0.142. The van der Waals surface area contributed by atoms with Gasteiger partial charge in [-0.2, -0.15) is 0 Å². The number of carbonyl (C=O) groups excluding carboxylic acids is 2. The van der Waals surface area contributed by atoms with Crippen LogP contribution in [-0.4, -0.2) is 43.5 Å². The van der Waals surface area contributed by atoms with Crippen molar-refractivity contribution in [2.75, 3.05) is 26.8 Å². The van der Waals surface area contributed by atoms with Gasteiger partial charge in [-0.1, -0.05) is 30.3 Å². The summed E-state index contributed by atoms with van der Waals surface area (Å²) in [5.74, 6) is -0.180. The molecule has 0 radical (unpaired) electrons. The van der Waals surface area contributed by atoms with Crippen LogP contribution in [0, 0.1) is 0 Å². The summed E-state index contributed by atoms with van der Waals surface area (Å²) in [6, 6.07) is 16.7. The van der Waals surface area contributed by atoms with E-state index in [-0.39, 0.29) is 11.8 Å². The Balaban J connectivity index is 1.97. The van der Waals surface area contributed by atoms with E-state index in [2.05, 4.69) is 5.32 Å². The maximum atomic E-state index is 12.7. The van der Waals surface area contributed by atoms with Crippen molar-refractivity contribution in [2.45, 2.75) is 19.9 Å². The Labute approximate surface area is 155 Å². The predicted octanol–water partition coefficient (Wildman–Crippen LogP) is 3.12.